The normalized spacial score (nSPS) is 17.0. The highest BCUT2D eigenvalue weighted by Gasteiger charge is 2.25. The minimum Gasteiger partial charge on any atom is -0.350 e. The van der Waals surface area contributed by atoms with Crippen molar-refractivity contribution in [2.24, 2.45) is 5.92 Å². The van der Waals surface area contributed by atoms with Crippen LogP contribution in [0.1, 0.15) is 34.4 Å². The third kappa shape index (κ3) is 2.58. The van der Waals surface area contributed by atoms with Crippen molar-refractivity contribution in [3.05, 3.63) is 29.1 Å². The maximum Gasteiger partial charge on any atom is 0.333 e. The van der Waals surface area contributed by atoms with E-state index in [0.717, 1.165) is 24.6 Å². The van der Waals surface area contributed by atoms with E-state index in [-0.39, 0.29) is 17.3 Å². The average molecular weight is 310 g/mol. The Morgan fingerprint density at radius 1 is 1.45 bits per heavy atom. The van der Waals surface area contributed by atoms with Gasteiger partial charge in [0.2, 0.25) is 0 Å². The van der Waals surface area contributed by atoms with Crippen LogP contribution in [0.2, 0.25) is 0 Å². The van der Waals surface area contributed by atoms with Gasteiger partial charge in [-0.05, 0) is 19.9 Å². The molecule has 1 aliphatic heterocycles. The number of hydrogen-bond donors (Lipinski definition) is 1. The SMILES string of the molecule is Cc1cc(C(=O)NCC2Cc3nnc(C)n3C2)nn1C(F)F. The Morgan fingerprint density at radius 2 is 2.23 bits per heavy atom. The standard InChI is InChI=1S/C13H16F2N6O/c1-7-3-10(19-21(7)13(14)15)12(22)16-5-9-4-11-18-17-8(2)20(11)6-9/h3,9,13H,4-6H2,1-2H3,(H,16,22). The van der Waals surface area contributed by atoms with Crippen LogP contribution in [0.25, 0.3) is 0 Å². The second-order valence-corrected chi connectivity index (χ2v) is 5.45. The predicted molar refractivity (Wildman–Crippen MR) is 72.5 cm³/mol. The molecule has 22 heavy (non-hydrogen) atoms. The molecule has 0 saturated heterocycles. The van der Waals surface area contributed by atoms with Gasteiger partial charge in [0.05, 0.1) is 0 Å². The van der Waals surface area contributed by atoms with Crippen molar-refractivity contribution in [1.82, 2.24) is 29.9 Å². The van der Waals surface area contributed by atoms with Crippen LogP contribution < -0.4 is 5.32 Å². The van der Waals surface area contributed by atoms with Crippen LogP contribution in [0.4, 0.5) is 8.78 Å². The van der Waals surface area contributed by atoms with Gasteiger partial charge in [-0.15, -0.1) is 10.2 Å². The van der Waals surface area contributed by atoms with Gasteiger partial charge < -0.3 is 9.88 Å². The number of nitrogens with one attached hydrogen (secondary N) is 1. The lowest BCUT2D eigenvalue weighted by molar-refractivity contribution is 0.0538. The molecule has 0 aliphatic carbocycles. The molecule has 0 spiro atoms. The highest BCUT2D eigenvalue weighted by molar-refractivity contribution is 5.92. The fraction of sp³-hybridized carbons (Fsp3) is 0.538. The first-order valence-electron chi connectivity index (χ1n) is 6.97. The average Bonchev–Trinajstić information content (AvgIpc) is 3.13. The Morgan fingerprint density at radius 3 is 2.86 bits per heavy atom. The first kappa shape index (κ1) is 14.6. The number of aromatic nitrogens is 5. The molecule has 118 valence electrons. The number of nitrogens with zero attached hydrogens (tertiary/aromatic N) is 5. The molecule has 1 aliphatic rings. The van der Waals surface area contributed by atoms with Gasteiger partial charge >= 0.3 is 6.55 Å². The monoisotopic (exact) mass is 310 g/mol. The molecular weight excluding hydrogens is 294 g/mol. The quantitative estimate of drug-likeness (QED) is 0.917. The van der Waals surface area contributed by atoms with E-state index in [1.807, 2.05) is 11.5 Å². The number of aryl methyl sites for hydroxylation is 2. The molecule has 1 amide bonds. The Hall–Kier alpha value is -2.32. The van der Waals surface area contributed by atoms with E-state index in [0.29, 0.717) is 11.2 Å². The first-order valence-corrected chi connectivity index (χ1v) is 6.97. The minimum atomic E-state index is -2.75. The Kier molecular flexibility index (Phi) is 3.63. The Balaban J connectivity index is 1.58. The van der Waals surface area contributed by atoms with Crippen molar-refractivity contribution in [1.29, 1.82) is 0 Å². The van der Waals surface area contributed by atoms with Crippen LogP contribution in [-0.2, 0) is 13.0 Å². The second-order valence-electron chi connectivity index (χ2n) is 5.45. The van der Waals surface area contributed by atoms with E-state index >= 15 is 0 Å². The highest BCUT2D eigenvalue weighted by Crippen LogP contribution is 2.19. The summed E-state index contributed by atoms with van der Waals surface area (Å²) < 4.78 is 27.8. The van der Waals surface area contributed by atoms with Crippen molar-refractivity contribution in [3.63, 3.8) is 0 Å². The van der Waals surface area contributed by atoms with E-state index < -0.39 is 12.5 Å². The minimum absolute atomic E-state index is 0.00591. The van der Waals surface area contributed by atoms with Crippen LogP contribution in [0.15, 0.2) is 6.07 Å². The van der Waals surface area contributed by atoms with Crippen LogP contribution in [0.5, 0.6) is 0 Å². The zero-order valence-corrected chi connectivity index (χ0v) is 12.3. The summed E-state index contributed by atoms with van der Waals surface area (Å²) in [5.74, 6) is 1.55. The Bertz CT molecular complexity index is 707. The summed E-state index contributed by atoms with van der Waals surface area (Å²) >= 11 is 0. The number of carbonyl (C=O) groups is 1. The van der Waals surface area contributed by atoms with E-state index in [9.17, 15) is 13.6 Å². The van der Waals surface area contributed by atoms with Gasteiger partial charge in [0.1, 0.15) is 11.6 Å². The van der Waals surface area contributed by atoms with E-state index in [4.69, 9.17) is 0 Å². The molecule has 0 aromatic carbocycles. The molecule has 3 rings (SSSR count). The van der Waals surface area contributed by atoms with E-state index in [1.165, 1.54) is 13.0 Å². The summed E-state index contributed by atoms with van der Waals surface area (Å²) in [5.41, 5.74) is 0.259. The van der Waals surface area contributed by atoms with Gasteiger partial charge in [0, 0.05) is 31.1 Å². The molecule has 1 N–H and O–H groups in total. The third-order valence-corrected chi connectivity index (χ3v) is 3.82. The second kappa shape index (κ2) is 5.47. The van der Waals surface area contributed by atoms with Gasteiger partial charge in [-0.2, -0.15) is 13.9 Å². The lowest BCUT2D eigenvalue weighted by atomic mass is 10.1. The third-order valence-electron chi connectivity index (χ3n) is 3.82. The molecule has 0 radical (unpaired) electrons. The number of rotatable bonds is 4. The number of halogens is 2. The predicted octanol–water partition coefficient (Wildman–Crippen LogP) is 1.09. The zero-order valence-electron chi connectivity index (χ0n) is 12.3. The maximum atomic E-state index is 12.6. The number of hydrogen-bond acceptors (Lipinski definition) is 4. The van der Waals surface area contributed by atoms with Gasteiger partial charge in [-0.1, -0.05) is 0 Å². The molecule has 2 aromatic rings. The molecule has 3 heterocycles. The summed E-state index contributed by atoms with van der Waals surface area (Å²) in [4.78, 5) is 12.0. The number of alkyl halides is 2. The van der Waals surface area contributed by atoms with Gasteiger partial charge in [-0.3, -0.25) is 4.79 Å². The van der Waals surface area contributed by atoms with E-state index in [2.05, 4.69) is 20.6 Å². The lowest BCUT2D eigenvalue weighted by Gasteiger charge is -2.09. The van der Waals surface area contributed by atoms with Crippen LogP contribution >= 0.6 is 0 Å². The van der Waals surface area contributed by atoms with Crippen molar-refractivity contribution in [3.8, 4) is 0 Å². The summed E-state index contributed by atoms with van der Waals surface area (Å²) in [7, 11) is 0. The molecular formula is C13H16F2N6O. The van der Waals surface area contributed by atoms with Gasteiger partial charge in [0.25, 0.3) is 5.91 Å². The fourth-order valence-corrected chi connectivity index (χ4v) is 2.65. The zero-order chi connectivity index (χ0) is 15.9. The van der Waals surface area contributed by atoms with Gasteiger partial charge in [0.15, 0.2) is 5.69 Å². The first-order chi connectivity index (χ1) is 10.5. The van der Waals surface area contributed by atoms with Gasteiger partial charge in [-0.25, -0.2) is 4.68 Å². The summed E-state index contributed by atoms with van der Waals surface area (Å²) in [6.07, 6.45) is 0.742. The highest BCUT2D eigenvalue weighted by atomic mass is 19.3. The van der Waals surface area contributed by atoms with Crippen molar-refractivity contribution < 1.29 is 13.6 Å². The molecule has 0 saturated carbocycles. The molecule has 7 nitrogen and oxygen atoms in total. The smallest absolute Gasteiger partial charge is 0.333 e. The summed E-state index contributed by atoms with van der Waals surface area (Å²) in [6.45, 7) is 1.82. The topological polar surface area (TPSA) is 77.6 Å². The number of amides is 1. The Labute approximate surface area is 125 Å². The van der Waals surface area contributed by atoms with Crippen LogP contribution in [0.3, 0.4) is 0 Å². The fourth-order valence-electron chi connectivity index (χ4n) is 2.65. The molecule has 1 atom stereocenters. The van der Waals surface area contributed by atoms with Crippen molar-refractivity contribution >= 4 is 5.91 Å². The van der Waals surface area contributed by atoms with Crippen molar-refractivity contribution in [2.75, 3.05) is 6.54 Å². The molecule has 0 bridgehead atoms. The number of fused-ring (bicyclic) bond motifs is 1. The van der Waals surface area contributed by atoms with Crippen LogP contribution in [-0.4, -0.2) is 37.0 Å². The van der Waals surface area contributed by atoms with Crippen LogP contribution in [0, 0.1) is 19.8 Å². The summed E-state index contributed by atoms with van der Waals surface area (Å²) in [5, 5.41) is 14.4. The van der Waals surface area contributed by atoms with E-state index in [1.54, 1.807) is 0 Å². The molecule has 9 heteroatoms. The van der Waals surface area contributed by atoms with Crippen molar-refractivity contribution in [2.45, 2.75) is 33.4 Å². The summed E-state index contributed by atoms with van der Waals surface area (Å²) in [6, 6.07) is 1.36. The molecule has 2 aromatic heterocycles. The number of carbonyl (C=O) groups excluding carboxylic acids is 1. The molecule has 0 fully saturated rings. The lowest BCUT2D eigenvalue weighted by Crippen LogP contribution is -2.30. The molecule has 1 unspecified atom stereocenters. The largest absolute Gasteiger partial charge is 0.350 e. The maximum absolute atomic E-state index is 12.6.